The SMILES string of the molecule is CC(C)N(C(=O)c1csc(-c2cnn(-c3ccc(C(C)(C)C)cc3)c2)n1)C1CCNCC1. The smallest absolute Gasteiger partial charge is 0.273 e. The van der Waals surface area contributed by atoms with Gasteiger partial charge in [-0.05, 0) is 62.9 Å². The third kappa shape index (κ3) is 4.79. The minimum Gasteiger partial charge on any atom is -0.332 e. The molecule has 1 aliphatic heterocycles. The molecule has 1 aromatic carbocycles. The summed E-state index contributed by atoms with van der Waals surface area (Å²) in [5, 5.41) is 10.6. The third-order valence-electron chi connectivity index (χ3n) is 6.04. The molecule has 0 radical (unpaired) electrons. The molecule has 1 aliphatic rings. The first kappa shape index (κ1) is 22.7. The summed E-state index contributed by atoms with van der Waals surface area (Å²) in [7, 11) is 0. The van der Waals surface area contributed by atoms with Gasteiger partial charge in [-0.1, -0.05) is 32.9 Å². The van der Waals surface area contributed by atoms with Crippen LogP contribution in [-0.4, -0.2) is 50.7 Å². The van der Waals surface area contributed by atoms with Crippen LogP contribution < -0.4 is 5.32 Å². The number of nitrogens with zero attached hydrogens (tertiary/aromatic N) is 4. The van der Waals surface area contributed by atoms with Gasteiger partial charge in [-0.15, -0.1) is 11.3 Å². The van der Waals surface area contributed by atoms with Crippen molar-refractivity contribution >= 4 is 17.2 Å². The van der Waals surface area contributed by atoms with Gasteiger partial charge < -0.3 is 10.2 Å². The van der Waals surface area contributed by atoms with E-state index in [1.54, 1.807) is 0 Å². The van der Waals surface area contributed by atoms with Crippen LogP contribution in [0.1, 0.15) is 63.5 Å². The summed E-state index contributed by atoms with van der Waals surface area (Å²) in [5.74, 6) is 0.0274. The second kappa shape index (κ2) is 9.16. The number of amides is 1. The maximum Gasteiger partial charge on any atom is 0.273 e. The highest BCUT2D eigenvalue weighted by Crippen LogP contribution is 2.27. The Morgan fingerprint density at radius 2 is 1.88 bits per heavy atom. The van der Waals surface area contributed by atoms with Gasteiger partial charge >= 0.3 is 0 Å². The van der Waals surface area contributed by atoms with E-state index in [1.807, 2.05) is 27.4 Å². The molecule has 1 amide bonds. The molecule has 1 saturated heterocycles. The lowest BCUT2D eigenvalue weighted by Gasteiger charge is -2.37. The second-order valence-electron chi connectivity index (χ2n) is 9.80. The number of rotatable bonds is 5. The van der Waals surface area contributed by atoms with E-state index in [0.717, 1.165) is 42.2 Å². The molecular weight excluding hydrogens is 418 g/mol. The first-order valence-electron chi connectivity index (χ1n) is 11.4. The van der Waals surface area contributed by atoms with Gasteiger partial charge in [0.05, 0.1) is 11.9 Å². The van der Waals surface area contributed by atoms with Crippen molar-refractivity contribution in [2.75, 3.05) is 13.1 Å². The standard InChI is InChI=1S/C25H33N5OS/c1-17(2)30(21-10-12-26-13-11-21)24(31)22-16-32-23(28-22)18-14-27-29(15-18)20-8-6-19(7-9-20)25(3,4)5/h6-9,14-17,21,26H,10-13H2,1-5H3. The van der Waals surface area contributed by atoms with Crippen LogP contribution in [0, 0.1) is 0 Å². The van der Waals surface area contributed by atoms with Gasteiger partial charge in [0, 0.05) is 29.2 Å². The average molecular weight is 452 g/mol. The van der Waals surface area contributed by atoms with E-state index >= 15 is 0 Å². The van der Waals surface area contributed by atoms with E-state index < -0.39 is 0 Å². The molecule has 4 rings (SSSR count). The van der Waals surface area contributed by atoms with Crippen LogP contribution >= 0.6 is 11.3 Å². The van der Waals surface area contributed by atoms with Crippen LogP contribution in [0.2, 0.25) is 0 Å². The molecular formula is C25H33N5OS. The predicted octanol–water partition coefficient (Wildman–Crippen LogP) is 4.90. The first-order chi connectivity index (χ1) is 15.2. The van der Waals surface area contributed by atoms with Crippen LogP contribution in [0.25, 0.3) is 16.3 Å². The van der Waals surface area contributed by atoms with Crippen molar-refractivity contribution in [1.82, 2.24) is 25.0 Å². The van der Waals surface area contributed by atoms with Crippen molar-refractivity contribution in [3.8, 4) is 16.3 Å². The van der Waals surface area contributed by atoms with Crippen LogP contribution in [-0.2, 0) is 5.41 Å². The highest BCUT2D eigenvalue weighted by molar-refractivity contribution is 7.13. The molecule has 0 unspecified atom stereocenters. The van der Waals surface area contributed by atoms with E-state index in [2.05, 4.69) is 69.3 Å². The van der Waals surface area contributed by atoms with Crippen molar-refractivity contribution < 1.29 is 4.79 Å². The summed E-state index contributed by atoms with van der Waals surface area (Å²) in [6.07, 6.45) is 5.77. The molecule has 1 fully saturated rings. The zero-order valence-corrected chi connectivity index (χ0v) is 20.4. The number of hydrogen-bond acceptors (Lipinski definition) is 5. The second-order valence-corrected chi connectivity index (χ2v) is 10.7. The normalized spacial score (nSPS) is 15.3. The van der Waals surface area contributed by atoms with Gasteiger partial charge in [0.15, 0.2) is 0 Å². The first-order valence-corrected chi connectivity index (χ1v) is 12.3. The highest BCUT2D eigenvalue weighted by Gasteiger charge is 2.29. The van der Waals surface area contributed by atoms with Crippen LogP contribution in [0.4, 0.5) is 0 Å². The Morgan fingerprint density at radius 1 is 1.19 bits per heavy atom. The van der Waals surface area contributed by atoms with Gasteiger partial charge in [0.2, 0.25) is 0 Å². The number of carbonyl (C=O) groups is 1. The molecule has 0 atom stereocenters. The summed E-state index contributed by atoms with van der Waals surface area (Å²) in [6, 6.07) is 8.90. The fourth-order valence-corrected chi connectivity index (χ4v) is 5.00. The Hall–Kier alpha value is -2.51. The summed E-state index contributed by atoms with van der Waals surface area (Å²) in [4.78, 5) is 20.0. The van der Waals surface area contributed by atoms with E-state index in [0.29, 0.717) is 5.69 Å². The maximum atomic E-state index is 13.3. The lowest BCUT2D eigenvalue weighted by atomic mass is 9.87. The number of piperidine rings is 1. The molecule has 6 nitrogen and oxygen atoms in total. The summed E-state index contributed by atoms with van der Waals surface area (Å²) in [6.45, 7) is 12.7. The number of aromatic nitrogens is 3. The van der Waals surface area contributed by atoms with Crippen molar-refractivity contribution in [2.45, 2.75) is 65.0 Å². The number of nitrogens with one attached hydrogen (secondary N) is 1. The van der Waals surface area contributed by atoms with Gasteiger partial charge in [-0.25, -0.2) is 9.67 Å². The van der Waals surface area contributed by atoms with Crippen LogP contribution in [0.3, 0.4) is 0 Å². The fraction of sp³-hybridized carbons (Fsp3) is 0.480. The van der Waals surface area contributed by atoms with Gasteiger partial charge in [0.25, 0.3) is 5.91 Å². The minimum absolute atomic E-state index is 0.0274. The van der Waals surface area contributed by atoms with Crippen molar-refractivity contribution in [3.05, 3.63) is 53.3 Å². The van der Waals surface area contributed by atoms with E-state index in [1.165, 1.54) is 16.9 Å². The lowest BCUT2D eigenvalue weighted by molar-refractivity contribution is 0.0560. The Balaban J connectivity index is 1.52. The molecule has 3 aromatic rings. The molecule has 3 heterocycles. The monoisotopic (exact) mass is 451 g/mol. The Labute approximate surface area is 194 Å². The van der Waals surface area contributed by atoms with Crippen molar-refractivity contribution in [3.63, 3.8) is 0 Å². The predicted molar refractivity (Wildman–Crippen MR) is 131 cm³/mol. The zero-order chi connectivity index (χ0) is 22.9. The highest BCUT2D eigenvalue weighted by atomic mass is 32.1. The number of benzene rings is 1. The largest absolute Gasteiger partial charge is 0.332 e. The Kier molecular flexibility index (Phi) is 6.49. The van der Waals surface area contributed by atoms with E-state index in [4.69, 9.17) is 4.98 Å². The number of thiazole rings is 1. The van der Waals surface area contributed by atoms with Gasteiger partial charge in [-0.3, -0.25) is 4.79 Å². The average Bonchev–Trinajstić information content (AvgIpc) is 3.44. The quantitative estimate of drug-likeness (QED) is 0.600. The molecule has 0 saturated carbocycles. The Bertz CT molecular complexity index is 1050. The van der Waals surface area contributed by atoms with Crippen LogP contribution in [0.15, 0.2) is 42.0 Å². The van der Waals surface area contributed by atoms with Crippen molar-refractivity contribution in [1.29, 1.82) is 0 Å². The summed E-state index contributed by atoms with van der Waals surface area (Å²) >= 11 is 1.50. The Morgan fingerprint density at radius 3 is 2.50 bits per heavy atom. The molecule has 32 heavy (non-hydrogen) atoms. The van der Waals surface area contributed by atoms with Gasteiger partial charge in [-0.2, -0.15) is 5.10 Å². The topological polar surface area (TPSA) is 63.1 Å². The minimum atomic E-state index is 0.0274. The van der Waals surface area contributed by atoms with Crippen LogP contribution in [0.5, 0.6) is 0 Å². The zero-order valence-electron chi connectivity index (χ0n) is 19.6. The molecule has 7 heteroatoms. The molecule has 170 valence electrons. The number of carbonyl (C=O) groups excluding carboxylic acids is 1. The number of hydrogen-bond donors (Lipinski definition) is 1. The maximum absolute atomic E-state index is 13.3. The third-order valence-corrected chi connectivity index (χ3v) is 6.93. The molecule has 1 N–H and O–H groups in total. The molecule has 0 bridgehead atoms. The lowest BCUT2D eigenvalue weighted by Crippen LogP contribution is -2.49. The molecule has 2 aromatic heterocycles. The van der Waals surface area contributed by atoms with Gasteiger partial charge in [0.1, 0.15) is 10.7 Å². The summed E-state index contributed by atoms with van der Waals surface area (Å²) in [5.41, 5.74) is 3.87. The molecule has 0 aliphatic carbocycles. The van der Waals surface area contributed by atoms with E-state index in [-0.39, 0.29) is 23.4 Å². The molecule has 0 spiro atoms. The van der Waals surface area contributed by atoms with Crippen molar-refractivity contribution in [2.24, 2.45) is 0 Å². The fourth-order valence-electron chi connectivity index (χ4n) is 4.23. The summed E-state index contributed by atoms with van der Waals surface area (Å²) < 4.78 is 1.86. The van der Waals surface area contributed by atoms with E-state index in [9.17, 15) is 4.79 Å².